The smallest absolute Gasteiger partial charge is 0.415 e. The van der Waals surface area contributed by atoms with Gasteiger partial charge in [0.15, 0.2) is 0 Å². The first-order valence-electron chi connectivity index (χ1n) is 5.98. The van der Waals surface area contributed by atoms with Crippen LogP contribution in [0.3, 0.4) is 0 Å². The lowest BCUT2D eigenvalue weighted by atomic mass is 10.2. The van der Waals surface area contributed by atoms with Crippen molar-refractivity contribution >= 4 is 29.3 Å². The summed E-state index contributed by atoms with van der Waals surface area (Å²) in [6, 6.07) is 6.48. The lowest BCUT2D eigenvalue weighted by Crippen LogP contribution is -2.45. The van der Waals surface area contributed by atoms with E-state index in [2.05, 4.69) is 0 Å². The Bertz CT molecular complexity index is 483. The van der Waals surface area contributed by atoms with Gasteiger partial charge in [-0.05, 0) is 45.0 Å². The Morgan fingerprint density at radius 3 is 2.30 bits per heavy atom. The molecule has 0 saturated carbocycles. The number of benzene rings is 1. The van der Waals surface area contributed by atoms with Crippen LogP contribution in [0, 0.1) is 0 Å². The Balaban J connectivity index is 2.98. The van der Waals surface area contributed by atoms with Crippen LogP contribution in [0.2, 0.25) is 5.02 Å². The third-order valence-corrected chi connectivity index (χ3v) is 2.47. The van der Waals surface area contributed by atoms with Crippen molar-refractivity contribution in [2.75, 3.05) is 11.4 Å². The van der Waals surface area contributed by atoms with Crippen LogP contribution >= 0.6 is 11.6 Å². The minimum Gasteiger partial charge on any atom is -0.443 e. The average molecular weight is 300 g/mol. The molecule has 2 amide bonds. The van der Waals surface area contributed by atoms with E-state index in [0.29, 0.717) is 10.7 Å². The van der Waals surface area contributed by atoms with E-state index in [4.69, 9.17) is 22.2 Å². The summed E-state index contributed by atoms with van der Waals surface area (Å²) in [5.74, 6) is 4.54. The maximum Gasteiger partial charge on any atom is 0.415 e. The van der Waals surface area contributed by atoms with Crippen molar-refractivity contribution in [2.45, 2.75) is 26.4 Å². The van der Waals surface area contributed by atoms with E-state index in [0.717, 1.165) is 0 Å². The summed E-state index contributed by atoms with van der Waals surface area (Å²) in [6.45, 7) is 4.99. The molecule has 20 heavy (non-hydrogen) atoms. The zero-order valence-electron chi connectivity index (χ0n) is 11.6. The third kappa shape index (κ3) is 5.07. The van der Waals surface area contributed by atoms with Gasteiger partial charge in [-0.3, -0.25) is 15.1 Å². The Morgan fingerprint density at radius 2 is 1.85 bits per heavy atom. The van der Waals surface area contributed by atoms with E-state index in [-0.39, 0.29) is 6.54 Å². The molecule has 110 valence electrons. The maximum absolute atomic E-state index is 12.1. The topological polar surface area (TPSA) is 84.7 Å². The SMILES string of the molecule is CC(C)(C)OC(=O)N(CC(=O)NN)c1ccc(Cl)cc1. The van der Waals surface area contributed by atoms with E-state index in [9.17, 15) is 9.59 Å². The second kappa shape index (κ2) is 6.58. The quantitative estimate of drug-likeness (QED) is 0.508. The fraction of sp³-hybridized carbons (Fsp3) is 0.385. The number of hydrogen-bond acceptors (Lipinski definition) is 4. The van der Waals surface area contributed by atoms with Gasteiger partial charge < -0.3 is 4.74 Å². The molecule has 0 atom stereocenters. The molecule has 1 rings (SSSR count). The van der Waals surface area contributed by atoms with Gasteiger partial charge in [-0.2, -0.15) is 0 Å². The van der Waals surface area contributed by atoms with Crippen molar-refractivity contribution in [3.8, 4) is 0 Å². The minimum absolute atomic E-state index is 0.243. The van der Waals surface area contributed by atoms with Gasteiger partial charge in [0.05, 0.1) is 0 Å². The van der Waals surface area contributed by atoms with E-state index in [1.165, 1.54) is 4.90 Å². The molecule has 0 aliphatic carbocycles. The highest BCUT2D eigenvalue weighted by Crippen LogP contribution is 2.20. The average Bonchev–Trinajstić information content (AvgIpc) is 2.34. The first kappa shape index (κ1) is 16.3. The van der Waals surface area contributed by atoms with Crippen LogP contribution < -0.4 is 16.2 Å². The molecule has 1 aromatic carbocycles. The fourth-order valence-corrected chi connectivity index (χ4v) is 1.51. The number of hydrogen-bond donors (Lipinski definition) is 2. The number of nitrogens with zero attached hydrogens (tertiary/aromatic N) is 1. The number of amides is 2. The number of nitrogens with two attached hydrogens (primary N) is 1. The molecule has 1 aromatic rings. The molecular formula is C13H18ClN3O3. The number of anilines is 1. The molecule has 0 saturated heterocycles. The third-order valence-electron chi connectivity index (χ3n) is 2.21. The molecule has 0 aliphatic heterocycles. The molecule has 0 bridgehead atoms. The summed E-state index contributed by atoms with van der Waals surface area (Å²) in [5, 5.41) is 0.529. The predicted octanol–water partition coefficient (Wildman–Crippen LogP) is 2.07. The predicted molar refractivity (Wildman–Crippen MR) is 77.4 cm³/mol. The highest BCUT2D eigenvalue weighted by molar-refractivity contribution is 6.30. The molecule has 0 aromatic heterocycles. The lowest BCUT2D eigenvalue weighted by Gasteiger charge is -2.27. The molecule has 0 unspecified atom stereocenters. The maximum atomic E-state index is 12.1. The largest absolute Gasteiger partial charge is 0.443 e. The second-order valence-corrected chi connectivity index (χ2v) is 5.55. The van der Waals surface area contributed by atoms with Crippen LogP contribution in [0.4, 0.5) is 10.5 Å². The van der Waals surface area contributed by atoms with E-state index in [1.54, 1.807) is 45.0 Å². The molecular weight excluding hydrogens is 282 g/mol. The van der Waals surface area contributed by atoms with Gasteiger partial charge in [0.2, 0.25) is 0 Å². The van der Waals surface area contributed by atoms with Gasteiger partial charge in [0.25, 0.3) is 5.91 Å². The van der Waals surface area contributed by atoms with Crippen molar-refractivity contribution in [3.05, 3.63) is 29.3 Å². The first-order chi connectivity index (χ1) is 9.23. The molecule has 7 heteroatoms. The fourth-order valence-electron chi connectivity index (χ4n) is 1.39. The standard InChI is InChI=1S/C13H18ClN3O3/c1-13(2,3)20-12(19)17(8-11(18)16-15)10-6-4-9(14)5-7-10/h4-7H,8,15H2,1-3H3,(H,16,18). The highest BCUT2D eigenvalue weighted by atomic mass is 35.5. The Kier molecular flexibility index (Phi) is 5.35. The van der Waals surface area contributed by atoms with Gasteiger partial charge in [-0.1, -0.05) is 11.6 Å². The molecule has 6 nitrogen and oxygen atoms in total. The van der Waals surface area contributed by atoms with E-state index < -0.39 is 17.6 Å². The number of carbonyl (C=O) groups excluding carboxylic acids is 2. The van der Waals surface area contributed by atoms with Gasteiger partial charge in [0.1, 0.15) is 12.1 Å². The van der Waals surface area contributed by atoms with Gasteiger partial charge in [-0.25, -0.2) is 10.6 Å². The number of hydrazine groups is 1. The summed E-state index contributed by atoms with van der Waals surface area (Å²) in [5.41, 5.74) is 1.81. The molecule has 0 aliphatic rings. The molecule has 0 heterocycles. The van der Waals surface area contributed by atoms with Crippen LogP contribution in [0.5, 0.6) is 0 Å². The lowest BCUT2D eigenvalue weighted by molar-refractivity contribution is -0.119. The van der Waals surface area contributed by atoms with Crippen LogP contribution in [0.1, 0.15) is 20.8 Å². The summed E-state index contributed by atoms with van der Waals surface area (Å²) >= 11 is 5.80. The summed E-state index contributed by atoms with van der Waals surface area (Å²) in [7, 11) is 0. The van der Waals surface area contributed by atoms with Crippen molar-refractivity contribution < 1.29 is 14.3 Å². The molecule has 0 fully saturated rings. The molecule has 3 N–H and O–H groups in total. The first-order valence-corrected chi connectivity index (χ1v) is 6.36. The zero-order chi connectivity index (χ0) is 15.3. The van der Waals surface area contributed by atoms with Crippen LogP contribution in [-0.4, -0.2) is 24.1 Å². The van der Waals surface area contributed by atoms with Crippen LogP contribution in [-0.2, 0) is 9.53 Å². The summed E-state index contributed by atoms with van der Waals surface area (Å²) in [4.78, 5) is 24.8. The molecule has 0 spiro atoms. The van der Waals surface area contributed by atoms with Crippen molar-refractivity contribution in [1.82, 2.24) is 5.43 Å². The van der Waals surface area contributed by atoms with Gasteiger partial charge >= 0.3 is 6.09 Å². The van der Waals surface area contributed by atoms with E-state index in [1.807, 2.05) is 5.43 Å². The normalized spacial score (nSPS) is 10.8. The van der Waals surface area contributed by atoms with Crippen LogP contribution in [0.15, 0.2) is 24.3 Å². The minimum atomic E-state index is -0.666. The number of ether oxygens (including phenoxy) is 1. The number of halogens is 1. The molecule has 0 radical (unpaired) electrons. The van der Waals surface area contributed by atoms with E-state index >= 15 is 0 Å². The van der Waals surface area contributed by atoms with Gasteiger partial charge in [0, 0.05) is 10.7 Å². The van der Waals surface area contributed by atoms with Crippen molar-refractivity contribution in [3.63, 3.8) is 0 Å². The Morgan fingerprint density at radius 1 is 1.30 bits per heavy atom. The van der Waals surface area contributed by atoms with Gasteiger partial charge in [-0.15, -0.1) is 0 Å². The summed E-state index contributed by atoms with van der Waals surface area (Å²) in [6.07, 6.45) is -0.636. The van der Waals surface area contributed by atoms with Crippen molar-refractivity contribution in [2.24, 2.45) is 5.84 Å². The number of rotatable bonds is 3. The number of nitrogens with one attached hydrogen (secondary N) is 1. The summed E-state index contributed by atoms with van der Waals surface area (Å²) < 4.78 is 5.26. The number of carbonyl (C=O) groups is 2. The van der Waals surface area contributed by atoms with Crippen LogP contribution in [0.25, 0.3) is 0 Å². The highest BCUT2D eigenvalue weighted by Gasteiger charge is 2.25. The Labute approximate surface area is 122 Å². The van der Waals surface area contributed by atoms with Crippen molar-refractivity contribution in [1.29, 1.82) is 0 Å². The zero-order valence-corrected chi connectivity index (χ0v) is 12.4. The monoisotopic (exact) mass is 299 g/mol. The second-order valence-electron chi connectivity index (χ2n) is 5.11. The Hall–Kier alpha value is -1.79.